The lowest BCUT2D eigenvalue weighted by molar-refractivity contribution is -0.156. The lowest BCUT2D eigenvalue weighted by Crippen LogP contribution is -2.44. The monoisotopic (exact) mass is 317 g/mol. The van der Waals surface area contributed by atoms with Crippen LogP contribution < -0.4 is 0 Å². The Morgan fingerprint density at radius 3 is 2.71 bits per heavy atom. The van der Waals surface area contributed by atoms with Gasteiger partial charge < -0.3 is 4.42 Å². The molecule has 0 spiro atoms. The maximum atomic E-state index is 12.7. The molecule has 2 aromatic heterocycles. The first kappa shape index (κ1) is 14.5. The third kappa shape index (κ3) is 3.62. The van der Waals surface area contributed by atoms with Gasteiger partial charge in [0, 0.05) is 6.04 Å². The van der Waals surface area contributed by atoms with Gasteiger partial charge in [0.2, 0.25) is 5.89 Å². The zero-order valence-electron chi connectivity index (χ0n) is 11.1. The number of alkyl halides is 3. The molecule has 0 aliphatic heterocycles. The van der Waals surface area contributed by atoms with Crippen molar-refractivity contribution in [1.82, 2.24) is 15.1 Å². The van der Waals surface area contributed by atoms with E-state index in [1.54, 1.807) is 0 Å². The van der Waals surface area contributed by atoms with E-state index in [1.807, 2.05) is 17.5 Å². The van der Waals surface area contributed by atoms with Crippen LogP contribution in [0.2, 0.25) is 0 Å². The van der Waals surface area contributed by atoms with Gasteiger partial charge in [-0.2, -0.15) is 13.2 Å². The Morgan fingerprint density at radius 2 is 2.14 bits per heavy atom. The number of hydrogen-bond acceptors (Lipinski definition) is 5. The van der Waals surface area contributed by atoms with Gasteiger partial charge in [-0.3, -0.25) is 4.90 Å². The Balaban J connectivity index is 1.70. The number of halogens is 3. The van der Waals surface area contributed by atoms with Crippen molar-refractivity contribution in [2.45, 2.75) is 38.0 Å². The first-order valence-corrected chi connectivity index (χ1v) is 7.56. The number of aromatic nitrogens is 2. The summed E-state index contributed by atoms with van der Waals surface area (Å²) in [5.41, 5.74) is 0. The molecule has 1 saturated carbocycles. The van der Waals surface area contributed by atoms with E-state index >= 15 is 0 Å². The first-order chi connectivity index (χ1) is 10.0. The topological polar surface area (TPSA) is 42.2 Å². The van der Waals surface area contributed by atoms with Crippen LogP contribution in [0.1, 0.15) is 25.2 Å². The molecule has 1 fully saturated rings. The van der Waals surface area contributed by atoms with E-state index in [9.17, 15) is 13.2 Å². The van der Waals surface area contributed by atoms with Gasteiger partial charge in [0.25, 0.3) is 5.89 Å². The van der Waals surface area contributed by atoms with Gasteiger partial charge in [-0.05, 0) is 24.3 Å². The van der Waals surface area contributed by atoms with Crippen molar-refractivity contribution in [3.05, 3.63) is 23.4 Å². The van der Waals surface area contributed by atoms with Crippen LogP contribution in [0.15, 0.2) is 21.9 Å². The maximum Gasteiger partial charge on any atom is 0.401 e. The minimum atomic E-state index is -4.22. The molecule has 114 valence electrons. The molecule has 0 aromatic carbocycles. The number of thiophene rings is 1. The van der Waals surface area contributed by atoms with E-state index in [1.165, 1.54) is 16.2 Å². The van der Waals surface area contributed by atoms with Gasteiger partial charge >= 0.3 is 6.18 Å². The van der Waals surface area contributed by atoms with Gasteiger partial charge in [-0.25, -0.2) is 0 Å². The second kappa shape index (κ2) is 5.76. The highest BCUT2D eigenvalue weighted by molar-refractivity contribution is 7.13. The summed E-state index contributed by atoms with van der Waals surface area (Å²) in [7, 11) is 0. The molecule has 0 N–H and O–H groups in total. The van der Waals surface area contributed by atoms with Crippen LogP contribution in [0, 0.1) is 0 Å². The lowest BCUT2D eigenvalue weighted by atomic mass is 9.91. The lowest BCUT2D eigenvalue weighted by Gasteiger charge is -2.36. The van der Waals surface area contributed by atoms with Crippen LogP contribution in [0.4, 0.5) is 13.2 Å². The quantitative estimate of drug-likeness (QED) is 0.843. The summed E-state index contributed by atoms with van der Waals surface area (Å²) in [4.78, 5) is 2.20. The molecule has 2 aromatic rings. The SMILES string of the molecule is FC(F)(F)CN(Cc1nnc(-c2cccs2)o1)C1CCC1. The van der Waals surface area contributed by atoms with Crippen molar-refractivity contribution in [2.75, 3.05) is 6.54 Å². The third-order valence-electron chi connectivity index (χ3n) is 3.51. The van der Waals surface area contributed by atoms with E-state index in [4.69, 9.17) is 4.42 Å². The molecule has 0 unspecified atom stereocenters. The number of hydrogen-bond donors (Lipinski definition) is 0. The second-order valence-corrected chi connectivity index (χ2v) is 6.03. The van der Waals surface area contributed by atoms with Crippen molar-refractivity contribution in [2.24, 2.45) is 0 Å². The molecule has 21 heavy (non-hydrogen) atoms. The first-order valence-electron chi connectivity index (χ1n) is 6.68. The van der Waals surface area contributed by atoms with Gasteiger partial charge in [0.05, 0.1) is 18.0 Å². The van der Waals surface area contributed by atoms with E-state index < -0.39 is 12.7 Å². The van der Waals surface area contributed by atoms with Gasteiger partial charge in [0.1, 0.15) is 0 Å². The van der Waals surface area contributed by atoms with Crippen molar-refractivity contribution >= 4 is 11.3 Å². The van der Waals surface area contributed by atoms with Gasteiger partial charge in [-0.15, -0.1) is 21.5 Å². The number of rotatable bonds is 5. The summed E-state index contributed by atoms with van der Waals surface area (Å²) >= 11 is 1.45. The molecular weight excluding hydrogens is 303 g/mol. The molecule has 1 aliphatic carbocycles. The van der Waals surface area contributed by atoms with Crippen molar-refractivity contribution in [3.63, 3.8) is 0 Å². The molecule has 2 heterocycles. The zero-order valence-corrected chi connectivity index (χ0v) is 12.0. The van der Waals surface area contributed by atoms with Gasteiger partial charge in [0.15, 0.2) is 0 Å². The molecule has 1 aliphatic rings. The normalized spacial score (nSPS) is 16.4. The predicted octanol–water partition coefficient (Wildman–Crippen LogP) is 3.71. The Bertz CT molecular complexity index is 578. The highest BCUT2D eigenvalue weighted by Crippen LogP contribution is 2.30. The Morgan fingerprint density at radius 1 is 1.33 bits per heavy atom. The molecule has 0 radical (unpaired) electrons. The maximum absolute atomic E-state index is 12.7. The van der Waals surface area contributed by atoms with Crippen molar-refractivity contribution < 1.29 is 17.6 Å². The molecule has 0 bridgehead atoms. The van der Waals surface area contributed by atoms with Crippen LogP contribution in [0.5, 0.6) is 0 Å². The fourth-order valence-corrected chi connectivity index (χ4v) is 2.93. The molecule has 0 atom stereocenters. The van der Waals surface area contributed by atoms with Crippen molar-refractivity contribution in [1.29, 1.82) is 0 Å². The Hall–Kier alpha value is -1.41. The average Bonchev–Trinajstić information content (AvgIpc) is 2.92. The highest BCUT2D eigenvalue weighted by Gasteiger charge is 2.36. The van der Waals surface area contributed by atoms with E-state index in [0.29, 0.717) is 5.89 Å². The van der Waals surface area contributed by atoms with E-state index in [0.717, 1.165) is 24.1 Å². The highest BCUT2D eigenvalue weighted by atomic mass is 32.1. The van der Waals surface area contributed by atoms with Crippen molar-refractivity contribution in [3.8, 4) is 10.8 Å². The summed E-state index contributed by atoms with van der Waals surface area (Å²) in [6, 6.07) is 3.65. The van der Waals surface area contributed by atoms with Gasteiger partial charge in [-0.1, -0.05) is 12.5 Å². The molecule has 0 amide bonds. The van der Waals surface area contributed by atoms with Crippen LogP contribution in [-0.4, -0.2) is 33.9 Å². The van der Waals surface area contributed by atoms with E-state index in [-0.39, 0.29) is 18.5 Å². The Labute approximate surface area is 123 Å². The zero-order chi connectivity index (χ0) is 14.9. The van der Waals surface area contributed by atoms with Crippen LogP contribution >= 0.6 is 11.3 Å². The average molecular weight is 317 g/mol. The molecule has 0 saturated heterocycles. The summed E-state index contributed by atoms with van der Waals surface area (Å²) in [5.74, 6) is 0.593. The largest absolute Gasteiger partial charge is 0.419 e. The standard InChI is InChI=1S/C13H14F3N3OS/c14-13(15,16)8-19(9-3-1-4-9)7-11-17-18-12(20-11)10-5-2-6-21-10/h2,5-6,9H,1,3-4,7-8H2. The summed E-state index contributed by atoms with van der Waals surface area (Å²) in [6.45, 7) is -0.892. The van der Waals surface area contributed by atoms with E-state index in [2.05, 4.69) is 10.2 Å². The summed E-state index contributed by atoms with van der Waals surface area (Å²) in [5, 5.41) is 9.64. The molecule has 8 heteroatoms. The fraction of sp³-hybridized carbons (Fsp3) is 0.538. The minimum absolute atomic E-state index is 0.0382. The fourth-order valence-electron chi connectivity index (χ4n) is 2.29. The number of nitrogens with zero attached hydrogens (tertiary/aromatic N) is 3. The molecular formula is C13H14F3N3OS. The molecule has 3 rings (SSSR count). The summed E-state index contributed by atoms with van der Waals surface area (Å²) < 4.78 is 43.4. The third-order valence-corrected chi connectivity index (χ3v) is 4.37. The van der Waals surface area contributed by atoms with Crippen LogP contribution in [-0.2, 0) is 6.54 Å². The van der Waals surface area contributed by atoms with Crippen LogP contribution in [0.3, 0.4) is 0 Å². The molecule has 4 nitrogen and oxygen atoms in total. The smallest absolute Gasteiger partial charge is 0.401 e. The summed E-state index contributed by atoms with van der Waals surface area (Å²) in [6.07, 6.45) is -1.65. The van der Waals surface area contributed by atoms with Crippen LogP contribution in [0.25, 0.3) is 10.8 Å². The Kier molecular flexibility index (Phi) is 3.99. The predicted molar refractivity (Wildman–Crippen MR) is 71.7 cm³/mol. The second-order valence-electron chi connectivity index (χ2n) is 5.08. The minimum Gasteiger partial charge on any atom is -0.419 e.